The second-order valence-corrected chi connectivity index (χ2v) is 7.61. The van der Waals surface area contributed by atoms with Crippen molar-refractivity contribution in [1.82, 2.24) is 15.3 Å². The minimum atomic E-state index is -0.170. The van der Waals surface area contributed by atoms with E-state index in [9.17, 15) is 4.79 Å². The smallest absolute Gasteiger partial charge is 0.253 e. The third-order valence-corrected chi connectivity index (χ3v) is 4.65. The minimum Gasteiger partial charge on any atom is -0.497 e. The van der Waals surface area contributed by atoms with Gasteiger partial charge in [-0.15, -0.1) is 12.0 Å². The van der Waals surface area contributed by atoms with Crippen molar-refractivity contribution in [3.63, 3.8) is 0 Å². The number of carbonyl (C=O) groups excluding carboxylic acids is 1. The molecule has 0 spiro atoms. The van der Waals surface area contributed by atoms with Gasteiger partial charge in [-0.2, -0.15) is 0 Å². The zero-order valence-electron chi connectivity index (χ0n) is 25.6. The van der Waals surface area contributed by atoms with E-state index in [0.29, 0.717) is 12.1 Å². The second kappa shape index (κ2) is 28.8. The van der Waals surface area contributed by atoms with E-state index in [1.807, 2.05) is 42.5 Å². The number of carbonyl (C=O) groups is 1. The van der Waals surface area contributed by atoms with Gasteiger partial charge in [-0.05, 0) is 147 Å². The van der Waals surface area contributed by atoms with E-state index < -0.39 is 0 Å². The highest BCUT2D eigenvalue weighted by Gasteiger charge is 2.08. The van der Waals surface area contributed by atoms with E-state index >= 15 is 0 Å². The Morgan fingerprint density at radius 3 is 1.90 bits per heavy atom. The molecule has 2 aromatic heterocycles. The average molecular weight is 639 g/mol. The number of nitrogens with zero attached hydrogens (tertiary/aromatic N) is 4. The molecular weight excluding hydrogens is 604 g/mol. The average Bonchev–Trinajstić information content (AvgIpc) is 3.14. The molecule has 0 unspecified atom stereocenters. The Morgan fingerprint density at radius 1 is 0.833 bits per heavy atom. The molecule has 48 heavy (non-hydrogen) atoms. The number of benzene rings is 1. The van der Waals surface area contributed by atoms with Crippen molar-refractivity contribution in [2.45, 2.75) is 13.5 Å². The predicted octanol–water partition coefficient (Wildman–Crippen LogP) is 6.17. The van der Waals surface area contributed by atoms with Crippen LogP contribution in [0.15, 0.2) is 67.3 Å². The van der Waals surface area contributed by atoms with Crippen molar-refractivity contribution in [2.75, 3.05) is 7.11 Å². The number of hydrogen-bond acceptors (Lipinski definition) is 7. The highest BCUT2D eigenvalue weighted by atomic mass is 16.7. The van der Waals surface area contributed by atoms with E-state index in [4.69, 9.17) is 32.2 Å². The lowest BCUT2D eigenvalue weighted by atomic mass is 10.1. The predicted molar refractivity (Wildman–Crippen MR) is 197 cm³/mol. The normalized spacial score (nSPS) is 6.85. The van der Waals surface area contributed by atoms with Crippen LogP contribution in [0.3, 0.4) is 0 Å². The van der Waals surface area contributed by atoms with Crippen LogP contribution < -0.4 is 10.1 Å². The summed E-state index contributed by atoms with van der Waals surface area (Å²) in [5.74, 6) is 42.5. The molecule has 0 saturated carbocycles. The zero-order chi connectivity index (χ0) is 35.5. The van der Waals surface area contributed by atoms with Gasteiger partial charge < -0.3 is 10.1 Å². The maximum atomic E-state index is 12.3. The van der Waals surface area contributed by atoms with E-state index in [0.717, 1.165) is 22.4 Å². The Hall–Kier alpha value is -8.26. The van der Waals surface area contributed by atoms with Gasteiger partial charge >= 0.3 is 0 Å². The highest BCUT2D eigenvalue weighted by molar-refractivity contribution is 5.95. The number of terminal acetylenes is 1. The summed E-state index contributed by atoms with van der Waals surface area (Å²) in [4.78, 5) is 36.3. The maximum absolute atomic E-state index is 12.3. The first-order valence-corrected chi connectivity index (χ1v) is 12.9. The number of hydrogen-bond donors (Lipinski definition) is 2. The van der Waals surface area contributed by atoms with Gasteiger partial charge in [0.15, 0.2) is 0 Å². The van der Waals surface area contributed by atoms with Gasteiger partial charge in [0.2, 0.25) is 0 Å². The third kappa shape index (κ3) is 19.8. The second-order valence-electron chi connectivity index (χ2n) is 7.61. The number of ether oxygens (including phenoxy) is 1. The molecule has 2 N–H and O–H groups in total. The molecule has 3 rings (SSSR count). The van der Waals surface area contributed by atoms with Crippen LogP contribution in [0.5, 0.6) is 5.75 Å². The first-order chi connectivity index (χ1) is 23.6. The number of nitrogens with one attached hydrogen (secondary N) is 2. The summed E-state index contributed by atoms with van der Waals surface area (Å²) >= 11 is 0. The Balaban J connectivity index is -0.000000135. The summed E-state index contributed by atoms with van der Waals surface area (Å²) in [5.41, 5.74) is 15.5. The van der Waals surface area contributed by atoms with Crippen molar-refractivity contribution < 1.29 is 18.1 Å². The standard InChI is InChI=1S/C19H17N3O2.C19H4.HN3.O2.6H2/c1-24-18-6-2-5-15(9-18)16-8-17(13-21-12-16)19(23)22-11-14-4-3-7-20-10-14;1-3-5-7-9-11-13-15-17-19-18-16-14-12-10-8-6-4-2;1-3-2;1-2;;;;;;/h2-10,12-13H,11H2,1H3,(H,22,23);1H,2H3;1H;;6*1H. The number of rotatable bonds is 5. The van der Waals surface area contributed by atoms with Crippen molar-refractivity contribution in [1.29, 1.82) is 5.53 Å². The van der Waals surface area contributed by atoms with Crippen LogP contribution in [-0.4, -0.2) is 23.0 Å². The lowest BCUT2D eigenvalue weighted by Crippen LogP contribution is -2.23. The van der Waals surface area contributed by atoms with Crippen molar-refractivity contribution >= 4 is 5.91 Å². The van der Waals surface area contributed by atoms with Gasteiger partial charge in [0, 0.05) is 55.4 Å². The largest absolute Gasteiger partial charge is 0.497 e. The quantitative estimate of drug-likeness (QED) is 0.147. The number of methoxy groups -OCH3 is 1. The minimum absolute atomic E-state index is 0. The van der Waals surface area contributed by atoms with Gasteiger partial charge in [0.1, 0.15) is 5.75 Å². The van der Waals surface area contributed by atoms with Crippen LogP contribution in [0.2, 0.25) is 0 Å². The molecule has 1 amide bonds. The molecule has 10 nitrogen and oxygen atoms in total. The first-order valence-electron chi connectivity index (χ1n) is 12.9. The molecule has 2 heterocycles. The molecule has 0 aliphatic carbocycles. The van der Waals surface area contributed by atoms with Gasteiger partial charge in [-0.25, -0.2) is 0 Å². The van der Waals surface area contributed by atoms with Crippen molar-refractivity contribution in [2.24, 2.45) is 0 Å². The molecule has 10 heteroatoms. The monoisotopic (exact) mass is 638 g/mol. The van der Waals surface area contributed by atoms with Crippen LogP contribution in [0.4, 0.5) is 0 Å². The van der Waals surface area contributed by atoms with E-state index in [-0.39, 0.29) is 14.5 Å². The van der Waals surface area contributed by atoms with E-state index in [2.05, 4.69) is 116 Å². The lowest BCUT2D eigenvalue weighted by Gasteiger charge is -2.08. The van der Waals surface area contributed by atoms with Crippen molar-refractivity contribution in [3.8, 4) is 124 Å². The fourth-order valence-electron chi connectivity index (χ4n) is 2.82. The molecule has 0 atom stereocenters. The molecule has 0 fully saturated rings. The van der Waals surface area contributed by atoms with Gasteiger partial charge in [0.25, 0.3) is 5.91 Å². The fraction of sp³-hybridized carbons (Fsp3) is 0.0789. The Morgan fingerprint density at radius 2 is 1.40 bits per heavy atom. The van der Waals surface area contributed by atoms with Crippen LogP contribution in [-0.2, 0) is 6.54 Å². The Bertz CT molecular complexity index is 2150. The summed E-state index contributed by atoms with van der Waals surface area (Å²) in [6.07, 6.45) is 11.6. The van der Waals surface area contributed by atoms with Crippen LogP contribution in [0.1, 0.15) is 31.4 Å². The molecule has 0 radical (unpaired) electrons. The molecule has 3 aromatic rings. The Kier molecular flexibility index (Phi) is 23.9. The van der Waals surface area contributed by atoms with Crippen LogP contribution in [0, 0.1) is 123 Å². The third-order valence-electron chi connectivity index (χ3n) is 4.65. The number of pyridine rings is 2. The molecule has 240 valence electrons. The molecule has 0 aliphatic rings. The van der Waals surface area contributed by atoms with Crippen LogP contribution >= 0.6 is 0 Å². The molecule has 0 saturated heterocycles. The lowest BCUT2D eigenvalue weighted by molar-refractivity contribution is 0.0950. The van der Waals surface area contributed by atoms with E-state index in [1.165, 1.54) is 0 Å². The molecular formula is C38H34N6O4. The number of aromatic nitrogens is 2. The SMILES string of the molecule is C#CC#CC#CC#CC#CC#CC#CC#CC#CC.COc1cccc(-c2cncc(C(=O)NCc3cccnc3)c2)c1.O=O.[HH].[HH].[HH].[HH].[HH].[HH].[N-]=[N+]=N. The number of amides is 1. The maximum Gasteiger partial charge on any atom is 0.253 e. The highest BCUT2D eigenvalue weighted by Crippen LogP contribution is 2.23. The molecule has 0 bridgehead atoms. The topological polar surface area (TPSA) is 158 Å². The fourth-order valence-corrected chi connectivity index (χ4v) is 2.82. The zero-order valence-corrected chi connectivity index (χ0v) is 25.6. The first kappa shape index (κ1) is 39.7. The molecule has 0 aliphatic heterocycles. The van der Waals surface area contributed by atoms with Gasteiger partial charge in [-0.3, -0.25) is 14.8 Å². The summed E-state index contributed by atoms with van der Waals surface area (Å²) < 4.78 is 5.24. The van der Waals surface area contributed by atoms with Crippen molar-refractivity contribution in [3.05, 3.63) is 98.8 Å². The summed E-state index contributed by atoms with van der Waals surface area (Å²) in [6, 6.07) is 13.2. The molecule has 1 aromatic carbocycles. The van der Waals surface area contributed by atoms with E-state index in [1.54, 1.807) is 43.7 Å². The Labute approximate surface area is 288 Å². The van der Waals surface area contributed by atoms with Gasteiger partial charge in [-0.1, -0.05) is 24.1 Å². The van der Waals surface area contributed by atoms with Gasteiger partial charge in [0.05, 0.1) is 12.7 Å². The summed E-state index contributed by atoms with van der Waals surface area (Å²) in [6.45, 7) is 2.13. The van der Waals surface area contributed by atoms with Crippen LogP contribution in [0.25, 0.3) is 21.6 Å². The summed E-state index contributed by atoms with van der Waals surface area (Å²) in [7, 11) is 1.62. The summed E-state index contributed by atoms with van der Waals surface area (Å²) in [5, 5.41) is 2.87.